The van der Waals surface area contributed by atoms with Crippen LogP contribution in [0, 0.1) is 0 Å². The van der Waals surface area contributed by atoms with Gasteiger partial charge >= 0.3 is 0 Å². The Labute approximate surface area is 146 Å². The molecule has 0 saturated heterocycles. The van der Waals surface area contributed by atoms with E-state index in [-0.39, 0.29) is 0 Å². The van der Waals surface area contributed by atoms with E-state index in [9.17, 15) is 0 Å². The van der Waals surface area contributed by atoms with Crippen molar-refractivity contribution in [3.05, 3.63) is 16.8 Å². The van der Waals surface area contributed by atoms with Crippen molar-refractivity contribution in [3.63, 3.8) is 0 Å². The van der Waals surface area contributed by atoms with Crippen LogP contribution in [0.1, 0.15) is 55.4 Å². The lowest BCUT2D eigenvalue weighted by Crippen LogP contribution is -2.39. The van der Waals surface area contributed by atoms with E-state index in [4.69, 9.17) is 12.2 Å². The zero-order valence-corrected chi connectivity index (χ0v) is 14.9. The Balaban J connectivity index is 1.56. The molecular formula is C17H22N4S2. The average molecular weight is 347 g/mol. The number of anilines is 1. The molecule has 0 aromatic carbocycles. The minimum absolute atomic E-state index is 0.512. The molecule has 0 amide bonds. The fourth-order valence-corrected chi connectivity index (χ4v) is 5.25. The second kappa shape index (κ2) is 6.69. The van der Waals surface area contributed by atoms with Crippen LogP contribution in [-0.2, 0) is 12.8 Å². The summed E-state index contributed by atoms with van der Waals surface area (Å²) < 4.78 is 0. The van der Waals surface area contributed by atoms with Gasteiger partial charge in [0.15, 0.2) is 5.11 Å². The summed E-state index contributed by atoms with van der Waals surface area (Å²) in [6.07, 6.45) is 12.9. The van der Waals surface area contributed by atoms with Gasteiger partial charge in [-0.15, -0.1) is 11.3 Å². The number of fused-ring (bicyclic) bond motifs is 3. The Morgan fingerprint density at radius 2 is 1.91 bits per heavy atom. The Hall–Kier alpha value is -1.27. The first kappa shape index (κ1) is 15.3. The number of nitrogens with one attached hydrogen (secondary N) is 2. The fourth-order valence-electron chi connectivity index (χ4n) is 3.76. The van der Waals surface area contributed by atoms with Gasteiger partial charge in [0, 0.05) is 10.9 Å². The predicted octanol–water partition coefficient (Wildman–Crippen LogP) is 4.19. The van der Waals surface area contributed by atoms with Gasteiger partial charge in [-0.2, -0.15) is 0 Å². The van der Waals surface area contributed by atoms with Gasteiger partial charge in [-0.1, -0.05) is 19.3 Å². The Kier molecular flexibility index (Phi) is 4.44. The molecular weight excluding hydrogens is 324 g/mol. The Bertz CT molecular complexity index is 719. The molecule has 4 nitrogen and oxygen atoms in total. The molecule has 2 aliphatic rings. The number of nitrogens with zero attached hydrogens (tertiary/aromatic N) is 2. The average Bonchev–Trinajstić information content (AvgIpc) is 2.95. The first-order valence-corrected chi connectivity index (χ1v) is 9.86. The molecule has 1 fully saturated rings. The normalized spacial score (nSPS) is 18.6. The third-order valence-electron chi connectivity index (χ3n) is 4.92. The largest absolute Gasteiger partial charge is 0.360 e. The minimum atomic E-state index is 0.512. The highest BCUT2D eigenvalue weighted by Crippen LogP contribution is 2.38. The molecule has 122 valence electrons. The number of hydrogen-bond donors (Lipinski definition) is 2. The highest BCUT2D eigenvalue weighted by molar-refractivity contribution is 7.80. The summed E-state index contributed by atoms with van der Waals surface area (Å²) in [5, 5.41) is 8.71. The van der Waals surface area contributed by atoms with Crippen molar-refractivity contribution in [3.8, 4) is 0 Å². The number of thiophene rings is 1. The minimum Gasteiger partial charge on any atom is -0.360 e. The van der Waals surface area contributed by atoms with E-state index in [2.05, 4.69) is 20.6 Å². The van der Waals surface area contributed by atoms with Gasteiger partial charge in [0.1, 0.15) is 17.0 Å². The number of aromatic nitrogens is 2. The lowest BCUT2D eigenvalue weighted by molar-refractivity contribution is 0.415. The molecule has 0 bridgehead atoms. The molecule has 4 rings (SSSR count). The van der Waals surface area contributed by atoms with Crippen molar-refractivity contribution < 1.29 is 0 Å². The van der Waals surface area contributed by atoms with Crippen LogP contribution in [0.5, 0.6) is 0 Å². The van der Waals surface area contributed by atoms with Gasteiger partial charge in [-0.3, -0.25) is 0 Å². The summed E-state index contributed by atoms with van der Waals surface area (Å²) in [6.45, 7) is 0. The van der Waals surface area contributed by atoms with Crippen LogP contribution in [0.2, 0.25) is 0 Å². The molecule has 1 saturated carbocycles. The van der Waals surface area contributed by atoms with Gasteiger partial charge in [0.05, 0.1) is 5.39 Å². The molecule has 0 atom stereocenters. The standard InChI is InChI=1S/C17H22N4S2/c22-17(20-11-6-2-1-3-7-11)21-15-14-12-8-4-5-9-13(12)23-16(14)19-10-18-15/h10-11H,1-9H2,(H2,18,19,20,21,22). The molecule has 0 unspecified atom stereocenters. The van der Waals surface area contributed by atoms with E-state index in [0.29, 0.717) is 11.2 Å². The smallest absolute Gasteiger partial charge is 0.172 e. The number of thiocarbonyl (C=S) groups is 1. The molecule has 2 aliphatic carbocycles. The Morgan fingerprint density at radius 3 is 2.78 bits per heavy atom. The van der Waals surface area contributed by atoms with Gasteiger partial charge in [0.2, 0.25) is 0 Å². The van der Waals surface area contributed by atoms with Crippen molar-refractivity contribution in [1.82, 2.24) is 15.3 Å². The summed E-state index contributed by atoms with van der Waals surface area (Å²) in [5.74, 6) is 0.878. The van der Waals surface area contributed by atoms with E-state index in [1.165, 1.54) is 67.2 Å². The second-order valence-corrected chi connectivity index (χ2v) is 8.04. The molecule has 23 heavy (non-hydrogen) atoms. The van der Waals surface area contributed by atoms with Crippen molar-refractivity contribution in [1.29, 1.82) is 0 Å². The van der Waals surface area contributed by atoms with Crippen LogP contribution in [0.4, 0.5) is 5.82 Å². The van der Waals surface area contributed by atoms with Crippen LogP contribution in [0.3, 0.4) is 0 Å². The molecule has 2 N–H and O–H groups in total. The van der Waals surface area contributed by atoms with Crippen LogP contribution in [0.15, 0.2) is 6.33 Å². The van der Waals surface area contributed by atoms with Crippen LogP contribution in [0.25, 0.3) is 10.2 Å². The van der Waals surface area contributed by atoms with Crippen LogP contribution in [-0.4, -0.2) is 21.1 Å². The first-order valence-electron chi connectivity index (χ1n) is 8.64. The van der Waals surface area contributed by atoms with Crippen LogP contribution < -0.4 is 10.6 Å². The molecule has 2 aromatic heterocycles. The van der Waals surface area contributed by atoms with Crippen molar-refractivity contribution >= 4 is 44.7 Å². The molecule has 0 aliphatic heterocycles. The zero-order chi connectivity index (χ0) is 15.6. The first-order chi connectivity index (χ1) is 11.3. The molecule has 2 heterocycles. The summed E-state index contributed by atoms with van der Waals surface area (Å²) in [5.41, 5.74) is 1.44. The third kappa shape index (κ3) is 3.19. The van der Waals surface area contributed by atoms with E-state index < -0.39 is 0 Å². The summed E-state index contributed by atoms with van der Waals surface area (Å²) in [6, 6.07) is 0.512. The lowest BCUT2D eigenvalue weighted by atomic mass is 9.96. The van der Waals surface area contributed by atoms with E-state index in [1.54, 1.807) is 6.33 Å². The molecule has 0 spiro atoms. The van der Waals surface area contributed by atoms with E-state index >= 15 is 0 Å². The Morgan fingerprint density at radius 1 is 1.09 bits per heavy atom. The number of aryl methyl sites for hydroxylation is 2. The van der Waals surface area contributed by atoms with E-state index in [0.717, 1.165) is 17.1 Å². The SMILES string of the molecule is S=C(Nc1ncnc2sc3c(c12)CCCC3)NC1CCCCC1. The molecule has 6 heteroatoms. The topological polar surface area (TPSA) is 49.8 Å². The summed E-state index contributed by atoms with van der Waals surface area (Å²) >= 11 is 7.35. The maximum atomic E-state index is 5.53. The van der Waals surface area contributed by atoms with Crippen LogP contribution >= 0.6 is 23.6 Å². The van der Waals surface area contributed by atoms with Crippen molar-refractivity contribution in [2.45, 2.75) is 63.8 Å². The zero-order valence-electron chi connectivity index (χ0n) is 13.2. The van der Waals surface area contributed by atoms with Gasteiger partial charge in [-0.25, -0.2) is 9.97 Å². The maximum Gasteiger partial charge on any atom is 0.172 e. The van der Waals surface area contributed by atoms with Gasteiger partial charge in [0.25, 0.3) is 0 Å². The number of rotatable bonds is 2. The lowest BCUT2D eigenvalue weighted by Gasteiger charge is -2.24. The summed E-state index contributed by atoms with van der Waals surface area (Å²) in [7, 11) is 0. The van der Waals surface area contributed by atoms with Crippen molar-refractivity contribution in [2.75, 3.05) is 5.32 Å². The number of hydrogen-bond acceptors (Lipinski definition) is 4. The maximum absolute atomic E-state index is 5.53. The molecule has 0 radical (unpaired) electrons. The quantitative estimate of drug-likeness (QED) is 0.799. The molecule has 2 aromatic rings. The third-order valence-corrected chi connectivity index (χ3v) is 6.34. The fraction of sp³-hybridized carbons (Fsp3) is 0.588. The second-order valence-electron chi connectivity index (χ2n) is 6.55. The van der Waals surface area contributed by atoms with Crippen molar-refractivity contribution in [2.24, 2.45) is 0 Å². The van der Waals surface area contributed by atoms with Gasteiger partial charge in [-0.05, 0) is 56.3 Å². The highest BCUT2D eigenvalue weighted by atomic mass is 32.1. The predicted molar refractivity (Wildman–Crippen MR) is 100 cm³/mol. The summed E-state index contributed by atoms with van der Waals surface area (Å²) in [4.78, 5) is 11.5. The van der Waals surface area contributed by atoms with Gasteiger partial charge < -0.3 is 10.6 Å². The monoisotopic (exact) mass is 346 g/mol. The van der Waals surface area contributed by atoms with E-state index in [1.807, 2.05) is 11.3 Å². The highest BCUT2D eigenvalue weighted by Gasteiger charge is 2.21.